The van der Waals surface area contributed by atoms with Gasteiger partial charge >= 0.3 is 6.18 Å². The molecule has 0 saturated carbocycles. The lowest BCUT2D eigenvalue weighted by Crippen LogP contribution is -2.30. The number of hydrogen-bond acceptors (Lipinski definition) is 6. The average molecular weight is 580 g/mol. The summed E-state index contributed by atoms with van der Waals surface area (Å²) in [4.78, 5) is 13.1. The molecule has 1 N–H and O–H groups in total. The van der Waals surface area contributed by atoms with Gasteiger partial charge in [0.05, 0.1) is 39.8 Å². The third kappa shape index (κ3) is 6.76. The van der Waals surface area contributed by atoms with Gasteiger partial charge in [0.1, 0.15) is 5.69 Å². The van der Waals surface area contributed by atoms with Crippen LogP contribution in [0.1, 0.15) is 32.7 Å². The van der Waals surface area contributed by atoms with Gasteiger partial charge in [-0.1, -0.05) is 54.1 Å². The molecule has 3 aromatic carbocycles. The normalized spacial score (nSPS) is 12.2. The number of nitrogens with zero attached hydrogens (tertiary/aromatic N) is 3. The molecule has 38 heavy (non-hydrogen) atoms. The smallest absolute Gasteiger partial charge is 0.416 e. The van der Waals surface area contributed by atoms with Gasteiger partial charge in [0.25, 0.3) is 5.91 Å². The van der Waals surface area contributed by atoms with Gasteiger partial charge in [-0.25, -0.2) is 0 Å². The fourth-order valence-electron chi connectivity index (χ4n) is 3.66. The van der Waals surface area contributed by atoms with E-state index in [9.17, 15) is 26.7 Å². The highest BCUT2D eigenvalue weighted by Gasteiger charge is 2.33. The summed E-state index contributed by atoms with van der Waals surface area (Å²) in [6, 6.07) is 18.2. The molecular weight excluding hydrogens is 561 g/mol. The second kappa shape index (κ2) is 12.0. The number of rotatable bonds is 9. The van der Waals surface area contributed by atoms with E-state index in [0.29, 0.717) is 33.5 Å². The molecule has 0 fully saturated rings. The van der Waals surface area contributed by atoms with E-state index in [1.54, 1.807) is 48.5 Å². The molecule has 0 spiro atoms. The summed E-state index contributed by atoms with van der Waals surface area (Å²) in [5.74, 6) is -0.923. The van der Waals surface area contributed by atoms with E-state index >= 15 is 0 Å². The van der Waals surface area contributed by atoms with E-state index in [2.05, 4.69) is 14.1 Å². The fraction of sp³-hybridized carbons (Fsp3) is 0.160. The maximum absolute atomic E-state index is 13.6. The molecule has 7 nitrogen and oxygen atoms in total. The number of alkyl halides is 3. The summed E-state index contributed by atoms with van der Waals surface area (Å²) in [5, 5.41) is 3.20. The quantitative estimate of drug-likeness (QED) is 0.256. The number of aromatic nitrogens is 2. The van der Waals surface area contributed by atoms with Crippen LogP contribution in [0.15, 0.2) is 72.8 Å². The van der Waals surface area contributed by atoms with E-state index in [-0.39, 0.29) is 30.0 Å². The van der Waals surface area contributed by atoms with E-state index in [4.69, 9.17) is 11.6 Å². The zero-order chi connectivity index (χ0) is 27.3. The minimum Gasteiger partial charge on any atom is -0.755 e. The van der Waals surface area contributed by atoms with Crippen LogP contribution in [0.2, 0.25) is 5.02 Å². The van der Waals surface area contributed by atoms with Crippen molar-refractivity contribution in [3.8, 4) is 0 Å². The van der Waals surface area contributed by atoms with Gasteiger partial charge in [-0.3, -0.25) is 13.3 Å². The Kier molecular flexibility index (Phi) is 8.77. The Hall–Kier alpha value is -3.32. The maximum atomic E-state index is 13.6. The van der Waals surface area contributed by atoms with Crippen molar-refractivity contribution in [2.45, 2.75) is 19.0 Å². The van der Waals surface area contributed by atoms with Gasteiger partial charge in [-0.05, 0) is 47.9 Å². The number of benzene rings is 3. The van der Waals surface area contributed by atoms with Crippen LogP contribution >= 0.6 is 23.3 Å². The minimum absolute atomic E-state index is 0.152. The largest absolute Gasteiger partial charge is 0.755 e. The molecule has 1 atom stereocenters. The van der Waals surface area contributed by atoms with Crippen molar-refractivity contribution in [1.29, 1.82) is 0 Å². The van der Waals surface area contributed by atoms with Crippen molar-refractivity contribution < 1.29 is 26.7 Å². The molecule has 1 amide bonds. The van der Waals surface area contributed by atoms with Crippen molar-refractivity contribution in [3.63, 3.8) is 0 Å². The number of amides is 1. The lowest BCUT2D eigenvalue weighted by atomic mass is 10.1. The first kappa shape index (κ1) is 27.7. The zero-order valence-electron chi connectivity index (χ0n) is 19.4. The van der Waals surface area contributed by atoms with E-state index in [1.165, 1.54) is 0 Å². The van der Waals surface area contributed by atoms with Crippen LogP contribution in [-0.2, 0) is 30.3 Å². The molecule has 1 heterocycles. The van der Waals surface area contributed by atoms with Crippen LogP contribution in [0, 0.1) is 0 Å². The summed E-state index contributed by atoms with van der Waals surface area (Å²) in [6.45, 7) is 0.152. The van der Waals surface area contributed by atoms with Crippen LogP contribution in [0.4, 0.5) is 24.7 Å². The van der Waals surface area contributed by atoms with Gasteiger partial charge in [0, 0.05) is 18.0 Å². The lowest BCUT2D eigenvalue weighted by molar-refractivity contribution is -0.137. The van der Waals surface area contributed by atoms with E-state index < -0.39 is 34.6 Å². The van der Waals surface area contributed by atoms with Crippen molar-refractivity contribution >= 4 is 52.0 Å². The van der Waals surface area contributed by atoms with Crippen LogP contribution in [0.5, 0.6) is 0 Å². The first-order chi connectivity index (χ1) is 18.1. The second-order valence-corrected chi connectivity index (χ2v) is 9.83. The third-order valence-electron chi connectivity index (χ3n) is 5.49. The molecule has 4 rings (SSSR count). The summed E-state index contributed by atoms with van der Waals surface area (Å²) in [5.41, 5.74) is 0.0347. The first-order valence-corrected chi connectivity index (χ1v) is 13.3. The number of carbonyl (C=O) groups excluding carboxylic acids is 1. The number of nitrogens with one attached hydrogen (secondary N) is 1. The Morgan fingerprint density at radius 1 is 1.03 bits per heavy atom. The second-order valence-electron chi connectivity index (χ2n) is 8.07. The molecule has 0 aliphatic carbocycles. The van der Waals surface area contributed by atoms with Gasteiger partial charge in [0.15, 0.2) is 5.82 Å². The Labute approximate surface area is 228 Å². The predicted octanol–water partition coefficient (Wildman–Crippen LogP) is 5.71. The molecule has 1 aromatic heterocycles. The molecule has 0 bridgehead atoms. The summed E-state index contributed by atoms with van der Waals surface area (Å²) >= 11 is 3.47. The molecule has 0 aliphatic heterocycles. The van der Waals surface area contributed by atoms with Crippen molar-refractivity contribution in [1.82, 2.24) is 14.1 Å². The molecule has 1 unspecified atom stereocenters. The van der Waals surface area contributed by atoms with E-state index in [1.807, 2.05) is 6.07 Å². The zero-order valence-corrected chi connectivity index (χ0v) is 21.8. The number of carbonyl (C=O) groups is 1. The number of anilines is 2. The van der Waals surface area contributed by atoms with Crippen LogP contribution in [-0.4, -0.2) is 30.0 Å². The highest BCUT2D eigenvalue weighted by Crippen LogP contribution is 2.37. The Morgan fingerprint density at radius 3 is 2.39 bits per heavy atom. The maximum Gasteiger partial charge on any atom is 0.416 e. The highest BCUT2D eigenvalue weighted by atomic mass is 35.5. The Morgan fingerprint density at radius 2 is 1.74 bits per heavy atom. The molecule has 0 saturated heterocycles. The lowest BCUT2D eigenvalue weighted by Gasteiger charge is -2.27. The SMILES string of the molecule is O=C(NCCc1ccc(Cl)cc1)c1ccc(C(F)(F)F)cc1N(c1nsnc1Cc1ccccc1)S(=O)[O-]. The molecule has 13 heteroatoms. The van der Waals surface area contributed by atoms with Gasteiger partial charge in [-0.15, -0.1) is 0 Å². The van der Waals surface area contributed by atoms with Crippen LogP contribution in [0.25, 0.3) is 0 Å². The highest BCUT2D eigenvalue weighted by molar-refractivity contribution is 7.81. The standard InChI is InChI=1S/C25H20ClF3N4O3S2/c26-19-9-6-16(7-10-19)12-13-30-24(34)20-11-8-18(25(27,28)29)15-22(20)33(38(35)36)23-21(31-37-32-23)14-17-4-2-1-3-5-17/h1-11,15H,12-14H2,(H,30,34)(H,35,36)/p-1. The Balaban J connectivity index is 1.68. The average Bonchev–Trinajstić information content (AvgIpc) is 3.32. The Bertz CT molecular complexity index is 1430. The predicted molar refractivity (Wildman–Crippen MR) is 139 cm³/mol. The van der Waals surface area contributed by atoms with Gasteiger partial charge in [-0.2, -0.15) is 21.9 Å². The number of hydrogen-bond donors (Lipinski definition) is 1. The molecule has 0 radical (unpaired) electrons. The summed E-state index contributed by atoms with van der Waals surface area (Å²) in [6.07, 6.45) is -4.17. The third-order valence-corrected chi connectivity index (χ3v) is 6.97. The fourth-order valence-corrected chi connectivity index (χ4v) is 4.98. The number of halogens is 4. The first-order valence-electron chi connectivity index (χ1n) is 11.1. The molecule has 198 valence electrons. The molecular formula is C25H19ClF3N4O3S2-. The van der Waals surface area contributed by atoms with Crippen molar-refractivity contribution in [2.75, 3.05) is 10.8 Å². The summed E-state index contributed by atoms with van der Waals surface area (Å²) in [7, 11) is 0. The van der Waals surface area contributed by atoms with Crippen LogP contribution < -0.4 is 9.62 Å². The van der Waals surface area contributed by atoms with Crippen molar-refractivity contribution in [3.05, 3.63) is 106 Å². The van der Waals surface area contributed by atoms with Gasteiger partial charge < -0.3 is 9.87 Å². The van der Waals surface area contributed by atoms with Crippen LogP contribution in [0.3, 0.4) is 0 Å². The van der Waals surface area contributed by atoms with Crippen molar-refractivity contribution in [2.24, 2.45) is 0 Å². The van der Waals surface area contributed by atoms with Gasteiger partial charge in [0.2, 0.25) is 0 Å². The summed E-state index contributed by atoms with van der Waals surface area (Å²) < 4.78 is 74.3. The molecule has 0 aliphatic rings. The minimum atomic E-state index is -4.78. The monoisotopic (exact) mass is 579 g/mol. The topological polar surface area (TPSA) is 98.2 Å². The molecule has 4 aromatic rings. The van der Waals surface area contributed by atoms with E-state index in [0.717, 1.165) is 23.3 Å².